The summed E-state index contributed by atoms with van der Waals surface area (Å²) in [6.45, 7) is 10.2. The summed E-state index contributed by atoms with van der Waals surface area (Å²) in [7, 11) is 0. The van der Waals surface area contributed by atoms with Gasteiger partial charge in [0.15, 0.2) is 0 Å². The van der Waals surface area contributed by atoms with Crippen molar-refractivity contribution in [2.24, 2.45) is 0 Å². The van der Waals surface area contributed by atoms with E-state index in [1.54, 1.807) is 11.3 Å². The topological polar surface area (TPSA) is 194 Å². The van der Waals surface area contributed by atoms with Crippen molar-refractivity contribution < 1.29 is 54.2 Å². The Morgan fingerprint density at radius 1 is 0.673 bits per heavy atom. The molecule has 0 unspecified atom stereocenters. The van der Waals surface area contributed by atoms with Crippen LogP contribution in [0.2, 0.25) is 0 Å². The van der Waals surface area contributed by atoms with Crippen molar-refractivity contribution in [2.45, 2.75) is 39.0 Å². The van der Waals surface area contributed by atoms with Crippen LogP contribution in [0.25, 0.3) is 20.5 Å². The molecule has 52 heavy (non-hydrogen) atoms. The maximum absolute atomic E-state index is 10.4. The monoisotopic (exact) mass is 736 g/mol. The van der Waals surface area contributed by atoms with E-state index < -0.39 is 23.9 Å². The molecule has 278 valence electrons. The van der Waals surface area contributed by atoms with Gasteiger partial charge in [0.2, 0.25) is 0 Å². The number of benzene rings is 3. The number of carboxylic acid groups (broad SMARTS) is 4. The van der Waals surface area contributed by atoms with Crippen LogP contribution in [0.3, 0.4) is 0 Å². The minimum atomic E-state index is -1.82. The molecule has 14 heteroatoms. The standard InChI is InChI=1S/C34H40N2O3S.2C2H2O4/c1-25-22-30-31(23-26-6-10-28(11-7-26)38-20-18-35-14-2-3-15-35)34(40-33(30)24-32(25)37)27-8-12-29(13-9-27)39-21-19-36-16-4-5-17-36;2*3-1(4)2(5)6/h6-13,22,24,37H,2-5,14-21,23H2,1H3;2*(H,3,4)(H,5,6). The number of phenols is 1. The van der Waals surface area contributed by atoms with Gasteiger partial charge in [0.1, 0.15) is 30.5 Å². The number of aliphatic carboxylic acids is 4. The third-order valence-electron chi connectivity index (χ3n) is 8.65. The molecule has 2 saturated heterocycles. The second-order valence-electron chi connectivity index (χ2n) is 12.4. The van der Waals surface area contributed by atoms with E-state index in [0.717, 1.165) is 54.5 Å². The van der Waals surface area contributed by atoms with Gasteiger partial charge >= 0.3 is 23.9 Å². The largest absolute Gasteiger partial charge is 0.508 e. The molecule has 0 spiro atoms. The smallest absolute Gasteiger partial charge is 0.414 e. The molecular weight excluding hydrogens is 692 g/mol. The van der Waals surface area contributed by atoms with Crippen LogP contribution < -0.4 is 9.47 Å². The number of aromatic hydroxyl groups is 1. The maximum Gasteiger partial charge on any atom is 0.414 e. The predicted octanol–water partition coefficient (Wildman–Crippen LogP) is 5.43. The van der Waals surface area contributed by atoms with E-state index in [9.17, 15) is 5.11 Å². The molecular formula is C38H44N2O11S. The molecule has 13 nitrogen and oxygen atoms in total. The number of fused-ring (bicyclic) bond motifs is 1. The fourth-order valence-electron chi connectivity index (χ4n) is 5.91. The molecule has 0 saturated carbocycles. The number of nitrogens with zero attached hydrogens (tertiary/aromatic N) is 2. The molecule has 3 aromatic carbocycles. The van der Waals surface area contributed by atoms with Crippen LogP contribution in [0.15, 0.2) is 60.7 Å². The average molecular weight is 737 g/mol. The molecule has 2 fully saturated rings. The third kappa shape index (κ3) is 12.0. The van der Waals surface area contributed by atoms with Crippen LogP contribution in [0.1, 0.15) is 42.4 Å². The molecule has 0 radical (unpaired) electrons. The number of thiophene rings is 1. The number of rotatable bonds is 11. The fourth-order valence-corrected chi connectivity index (χ4v) is 7.15. The molecule has 0 bridgehead atoms. The average Bonchev–Trinajstić information content (AvgIpc) is 3.90. The zero-order valence-corrected chi connectivity index (χ0v) is 29.8. The summed E-state index contributed by atoms with van der Waals surface area (Å²) in [6, 6.07) is 21.1. The number of ether oxygens (including phenoxy) is 2. The molecule has 4 aromatic rings. The zero-order chi connectivity index (χ0) is 37.6. The Hall–Kier alpha value is -5.18. The van der Waals surface area contributed by atoms with Crippen molar-refractivity contribution in [1.29, 1.82) is 0 Å². The predicted molar refractivity (Wildman–Crippen MR) is 196 cm³/mol. The van der Waals surface area contributed by atoms with Crippen LogP contribution in [0.4, 0.5) is 0 Å². The van der Waals surface area contributed by atoms with Gasteiger partial charge in [-0.05, 0) is 141 Å². The number of likely N-dealkylation sites (tertiary alicyclic amines) is 2. The first-order valence-corrected chi connectivity index (χ1v) is 17.8. The normalized spacial score (nSPS) is 14.2. The van der Waals surface area contributed by atoms with Crippen molar-refractivity contribution in [2.75, 3.05) is 52.5 Å². The van der Waals surface area contributed by atoms with Crippen LogP contribution in [0, 0.1) is 6.92 Å². The number of phenolic OH excluding ortho intramolecular Hbond substituents is 1. The van der Waals surface area contributed by atoms with Crippen LogP contribution in [0.5, 0.6) is 17.2 Å². The van der Waals surface area contributed by atoms with E-state index in [1.807, 2.05) is 13.0 Å². The Morgan fingerprint density at radius 3 is 1.56 bits per heavy atom. The van der Waals surface area contributed by atoms with E-state index >= 15 is 0 Å². The van der Waals surface area contributed by atoms with Gasteiger partial charge in [-0.15, -0.1) is 11.3 Å². The van der Waals surface area contributed by atoms with E-state index in [1.165, 1.54) is 78.8 Å². The van der Waals surface area contributed by atoms with Crippen LogP contribution in [-0.2, 0) is 25.6 Å². The van der Waals surface area contributed by atoms with Gasteiger partial charge in [-0.1, -0.05) is 12.1 Å². The molecule has 1 aromatic heterocycles. The van der Waals surface area contributed by atoms with Gasteiger partial charge in [-0.2, -0.15) is 0 Å². The van der Waals surface area contributed by atoms with Gasteiger partial charge in [0, 0.05) is 22.7 Å². The Kier molecular flexibility index (Phi) is 14.8. The number of hydrogen-bond donors (Lipinski definition) is 5. The molecule has 3 heterocycles. The van der Waals surface area contributed by atoms with Crippen molar-refractivity contribution >= 4 is 45.3 Å². The van der Waals surface area contributed by atoms with Gasteiger partial charge < -0.3 is 35.0 Å². The Morgan fingerprint density at radius 2 is 1.12 bits per heavy atom. The number of aryl methyl sites for hydroxylation is 1. The minimum absolute atomic E-state index is 0.351. The number of carboxylic acids is 4. The molecule has 0 aliphatic carbocycles. The third-order valence-corrected chi connectivity index (χ3v) is 9.89. The Bertz CT molecular complexity index is 1760. The van der Waals surface area contributed by atoms with Gasteiger partial charge in [-0.25, -0.2) is 19.2 Å². The van der Waals surface area contributed by atoms with Crippen molar-refractivity contribution in [3.63, 3.8) is 0 Å². The van der Waals surface area contributed by atoms with Crippen LogP contribution in [-0.4, -0.2) is 112 Å². The highest BCUT2D eigenvalue weighted by molar-refractivity contribution is 7.22. The van der Waals surface area contributed by atoms with Crippen molar-refractivity contribution in [3.8, 4) is 27.7 Å². The fraction of sp³-hybridized carbons (Fsp3) is 0.368. The Balaban J connectivity index is 0.000000436. The summed E-state index contributed by atoms with van der Waals surface area (Å²) < 4.78 is 13.2. The van der Waals surface area contributed by atoms with E-state index in [2.05, 4.69) is 64.4 Å². The second kappa shape index (κ2) is 19.4. The van der Waals surface area contributed by atoms with E-state index in [-0.39, 0.29) is 0 Å². The molecule has 0 atom stereocenters. The molecule has 2 aliphatic rings. The quantitative estimate of drug-likeness (QED) is 0.122. The summed E-state index contributed by atoms with van der Waals surface area (Å²) in [5.41, 5.74) is 4.64. The second-order valence-corrected chi connectivity index (χ2v) is 13.5. The van der Waals surface area contributed by atoms with Gasteiger partial charge in [-0.3, -0.25) is 9.80 Å². The molecule has 0 amide bonds. The van der Waals surface area contributed by atoms with Crippen molar-refractivity contribution in [1.82, 2.24) is 9.80 Å². The summed E-state index contributed by atoms with van der Waals surface area (Å²) in [5, 5.41) is 41.2. The SMILES string of the molecule is Cc1cc2c(Cc3ccc(OCCN4CCCC4)cc3)c(-c3ccc(OCCN4CCCC4)cc3)sc2cc1O.O=C(O)C(=O)O.O=C(O)C(=O)O. The van der Waals surface area contributed by atoms with E-state index in [4.69, 9.17) is 49.1 Å². The highest BCUT2D eigenvalue weighted by atomic mass is 32.1. The first-order valence-electron chi connectivity index (χ1n) is 17.0. The summed E-state index contributed by atoms with van der Waals surface area (Å²) in [4.78, 5) is 42.6. The maximum atomic E-state index is 10.4. The molecule has 5 N–H and O–H groups in total. The minimum Gasteiger partial charge on any atom is -0.508 e. The first-order chi connectivity index (χ1) is 24.9. The number of hydrogen-bond acceptors (Lipinski definition) is 10. The Labute approximate surface area is 305 Å². The highest BCUT2D eigenvalue weighted by Gasteiger charge is 2.17. The van der Waals surface area contributed by atoms with Crippen LogP contribution >= 0.6 is 11.3 Å². The number of carbonyl (C=O) groups is 4. The van der Waals surface area contributed by atoms with E-state index in [0.29, 0.717) is 5.75 Å². The highest BCUT2D eigenvalue weighted by Crippen LogP contribution is 2.42. The van der Waals surface area contributed by atoms with Gasteiger partial charge in [0.05, 0.1) is 0 Å². The zero-order valence-electron chi connectivity index (χ0n) is 29.0. The molecule has 2 aliphatic heterocycles. The lowest BCUT2D eigenvalue weighted by Gasteiger charge is -2.15. The lowest BCUT2D eigenvalue weighted by molar-refractivity contribution is -0.159. The summed E-state index contributed by atoms with van der Waals surface area (Å²) in [5.74, 6) is -5.10. The lowest BCUT2D eigenvalue weighted by Crippen LogP contribution is -2.25. The summed E-state index contributed by atoms with van der Waals surface area (Å²) >= 11 is 1.75. The first kappa shape index (κ1) is 39.6. The summed E-state index contributed by atoms with van der Waals surface area (Å²) in [6.07, 6.45) is 6.05. The molecule has 6 rings (SSSR count). The van der Waals surface area contributed by atoms with Gasteiger partial charge in [0.25, 0.3) is 0 Å². The van der Waals surface area contributed by atoms with Crippen molar-refractivity contribution in [3.05, 3.63) is 77.4 Å². The lowest BCUT2D eigenvalue weighted by atomic mass is 9.98.